The minimum atomic E-state index is -0.709. The van der Waals surface area contributed by atoms with Crippen LogP contribution in [0, 0.1) is 11.8 Å². The maximum absolute atomic E-state index is 12.1. The molecule has 0 aromatic rings. The van der Waals surface area contributed by atoms with E-state index in [1.54, 1.807) is 0 Å². The van der Waals surface area contributed by atoms with Crippen molar-refractivity contribution in [3.05, 3.63) is 0 Å². The number of carboxylic acid groups (broad SMARTS) is 1. The summed E-state index contributed by atoms with van der Waals surface area (Å²) >= 11 is 0. The number of carbonyl (C=O) groups is 2. The van der Waals surface area contributed by atoms with E-state index in [0.29, 0.717) is 19.3 Å². The monoisotopic (exact) mass is 268 g/mol. The van der Waals surface area contributed by atoms with Crippen molar-refractivity contribution in [3.8, 4) is 0 Å². The molecule has 2 rings (SSSR count). The van der Waals surface area contributed by atoms with Gasteiger partial charge in [-0.2, -0.15) is 0 Å². The van der Waals surface area contributed by atoms with Crippen LogP contribution < -0.4 is 0 Å². The van der Waals surface area contributed by atoms with E-state index in [0.717, 1.165) is 38.5 Å². The molecule has 108 valence electrons. The Morgan fingerprint density at radius 3 is 2.16 bits per heavy atom. The topological polar surface area (TPSA) is 63.6 Å². The van der Waals surface area contributed by atoms with Crippen molar-refractivity contribution in [2.45, 2.75) is 70.3 Å². The molecule has 19 heavy (non-hydrogen) atoms. The molecule has 0 aliphatic heterocycles. The molecule has 0 spiro atoms. The molecule has 0 aromatic heterocycles. The maximum atomic E-state index is 12.1. The number of carboxylic acids is 1. The highest BCUT2D eigenvalue weighted by Gasteiger charge is 2.28. The van der Waals surface area contributed by atoms with Crippen LogP contribution in [0.5, 0.6) is 0 Å². The SMILES string of the molecule is O=C(O)C1CCCC(OC(=O)C2CCCCC2)CC1. The first-order chi connectivity index (χ1) is 9.16. The maximum Gasteiger partial charge on any atom is 0.309 e. The van der Waals surface area contributed by atoms with Gasteiger partial charge in [0.25, 0.3) is 0 Å². The van der Waals surface area contributed by atoms with Crippen LogP contribution in [0.1, 0.15) is 64.2 Å². The lowest BCUT2D eigenvalue weighted by Crippen LogP contribution is -2.25. The number of hydrogen-bond donors (Lipinski definition) is 1. The number of hydrogen-bond acceptors (Lipinski definition) is 3. The van der Waals surface area contributed by atoms with Gasteiger partial charge in [-0.3, -0.25) is 9.59 Å². The minimum absolute atomic E-state index is 0.0431. The van der Waals surface area contributed by atoms with Crippen LogP contribution in [0.25, 0.3) is 0 Å². The number of ether oxygens (including phenoxy) is 1. The smallest absolute Gasteiger partial charge is 0.309 e. The molecule has 4 nitrogen and oxygen atoms in total. The van der Waals surface area contributed by atoms with Gasteiger partial charge in [0, 0.05) is 0 Å². The number of esters is 1. The fraction of sp³-hybridized carbons (Fsp3) is 0.867. The zero-order chi connectivity index (χ0) is 13.7. The van der Waals surface area contributed by atoms with Gasteiger partial charge < -0.3 is 9.84 Å². The molecule has 0 aromatic carbocycles. The highest BCUT2D eigenvalue weighted by molar-refractivity contribution is 5.72. The van der Waals surface area contributed by atoms with Crippen molar-refractivity contribution in [2.75, 3.05) is 0 Å². The Kier molecular flexibility index (Phi) is 5.23. The van der Waals surface area contributed by atoms with E-state index in [1.165, 1.54) is 6.42 Å². The zero-order valence-electron chi connectivity index (χ0n) is 11.5. The summed E-state index contributed by atoms with van der Waals surface area (Å²) in [5.74, 6) is -0.914. The van der Waals surface area contributed by atoms with Crippen molar-refractivity contribution >= 4 is 11.9 Å². The fourth-order valence-corrected chi connectivity index (χ4v) is 3.23. The summed E-state index contributed by atoms with van der Waals surface area (Å²) < 4.78 is 5.61. The number of aliphatic carboxylic acids is 1. The molecule has 2 aliphatic carbocycles. The summed E-state index contributed by atoms with van der Waals surface area (Å²) in [7, 11) is 0. The molecule has 2 saturated carbocycles. The van der Waals surface area contributed by atoms with Crippen molar-refractivity contribution in [1.29, 1.82) is 0 Å². The Labute approximate surface area is 114 Å². The third-order valence-electron chi connectivity index (χ3n) is 4.49. The predicted molar refractivity (Wildman–Crippen MR) is 70.7 cm³/mol. The van der Waals surface area contributed by atoms with Crippen LogP contribution >= 0.6 is 0 Å². The van der Waals surface area contributed by atoms with Gasteiger partial charge in [-0.05, 0) is 44.9 Å². The molecular formula is C15H24O4. The van der Waals surface area contributed by atoms with E-state index in [9.17, 15) is 9.59 Å². The van der Waals surface area contributed by atoms with Crippen LogP contribution in [0.2, 0.25) is 0 Å². The van der Waals surface area contributed by atoms with Crippen molar-refractivity contribution < 1.29 is 19.4 Å². The van der Waals surface area contributed by atoms with Gasteiger partial charge in [0.15, 0.2) is 0 Å². The predicted octanol–water partition coefficient (Wildman–Crippen LogP) is 3.14. The minimum Gasteiger partial charge on any atom is -0.481 e. The molecule has 0 saturated heterocycles. The molecule has 2 aliphatic rings. The normalized spacial score (nSPS) is 29.5. The zero-order valence-corrected chi connectivity index (χ0v) is 11.5. The van der Waals surface area contributed by atoms with Gasteiger partial charge in [0.1, 0.15) is 6.10 Å². The summed E-state index contributed by atoms with van der Waals surface area (Å²) in [5, 5.41) is 9.03. The van der Waals surface area contributed by atoms with E-state index in [4.69, 9.17) is 9.84 Å². The molecule has 0 heterocycles. The van der Waals surface area contributed by atoms with Gasteiger partial charge in [-0.1, -0.05) is 19.3 Å². The summed E-state index contributed by atoms with van der Waals surface area (Å²) in [6.45, 7) is 0. The van der Waals surface area contributed by atoms with Gasteiger partial charge in [-0.15, -0.1) is 0 Å². The van der Waals surface area contributed by atoms with E-state index in [2.05, 4.69) is 0 Å². The Morgan fingerprint density at radius 2 is 1.47 bits per heavy atom. The van der Waals surface area contributed by atoms with Crippen LogP contribution in [0.3, 0.4) is 0 Å². The first-order valence-electron chi connectivity index (χ1n) is 7.60. The highest BCUT2D eigenvalue weighted by Crippen LogP contribution is 2.29. The Morgan fingerprint density at radius 1 is 0.789 bits per heavy atom. The fourth-order valence-electron chi connectivity index (χ4n) is 3.23. The molecule has 2 unspecified atom stereocenters. The summed E-state index contributed by atoms with van der Waals surface area (Å²) in [6.07, 6.45) is 9.08. The Balaban J connectivity index is 1.78. The Hall–Kier alpha value is -1.06. The quantitative estimate of drug-likeness (QED) is 0.631. The summed E-state index contributed by atoms with van der Waals surface area (Å²) in [4.78, 5) is 23.0. The lowest BCUT2D eigenvalue weighted by atomic mass is 9.89. The van der Waals surface area contributed by atoms with E-state index in [-0.39, 0.29) is 23.9 Å². The van der Waals surface area contributed by atoms with Gasteiger partial charge in [0.2, 0.25) is 0 Å². The van der Waals surface area contributed by atoms with Crippen LogP contribution in [0.15, 0.2) is 0 Å². The van der Waals surface area contributed by atoms with Crippen molar-refractivity contribution in [2.24, 2.45) is 11.8 Å². The second-order valence-electron chi connectivity index (χ2n) is 5.94. The first kappa shape index (κ1) is 14.4. The lowest BCUT2D eigenvalue weighted by Gasteiger charge is -2.23. The summed E-state index contributed by atoms with van der Waals surface area (Å²) in [5.41, 5.74) is 0. The van der Waals surface area contributed by atoms with Gasteiger partial charge in [0.05, 0.1) is 11.8 Å². The third kappa shape index (κ3) is 4.22. The average Bonchev–Trinajstić information content (AvgIpc) is 2.65. The van der Waals surface area contributed by atoms with Crippen LogP contribution in [0.4, 0.5) is 0 Å². The molecule has 0 radical (unpaired) electrons. The number of rotatable bonds is 3. The molecule has 2 atom stereocenters. The second-order valence-corrected chi connectivity index (χ2v) is 5.94. The van der Waals surface area contributed by atoms with E-state index >= 15 is 0 Å². The molecular weight excluding hydrogens is 244 g/mol. The standard InChI is InChI=1S/C15H24O4/c16-14(17)11-7-4-8-13(10-9-11)19-15(18)12-5-2-1-3-6-12/h11-13H,1-10H2,(H,16,17). The van der Waals surface area contributed by atoms with Crippen LogP contribution in [-0.4, -0.2) is 23.1 Å². The largest absolute Gasteiger partial charge is 0.481 e. The lowest BCUT2D eigenvalue weighted by molar-refractivity contribution is -0.155. The van der Waals surface area contributed by atoms with Crippen molar-refractivity contribution in [3.63, 3.8) is 0 Å². The van der Waals surface area contributed by atoms with E-state index < -0.39 is 5.97 Å². The van der Waals surface area contributed by atoms with Crippen LogP contribution in [-0.2, 0) is 14.3 Å². The molecule has 1 N–H and O–H groups in total. The van der Waals surface area contributed by atoms with Gasteiger partial charge >= 0.3 is 11.9 Å². The summed E-state index contributed by atoms with van der Waals surface area (Å²) in [6, 6.07) is 0. The molecule has 0 bridgehead atoms. The average molecular weight is 268 g/mol. The third-order valence-corrected chi connectivity index (χ3v) is 4.49. The first-order valence-corrected chi connectivity index (χ1v) is 7.60. The highest BCUT2D eigenvalue weighted by atomic mass is 16.5. The van der Waals surface area contributed by atoms with Crippen molar-refractivity contribution in [1.82, 2.24) is 0 Å². The molecule has 2 fully saturated rings. The second kappa shape index (κ2) is 6.92. The number of carbonyl (C=O) groups excluding carboxylic acids is 1. The Bertz CT molecular complexity index is 320. The molecule has 4 heteroatoms. The van der Waals surface area contributed by atoms with E-state index in [1.807, 2.05) is 0 Å². The molecule has 0 amide bonds. The van der Waals surface area contributed by atoms with Gasteiger partial charge in [-0.25, -0.2) is 0 Å².